The van der Waals surface area contributed by atoms with Crippen molar-refractivity contribution in [3.63, 3.8) is 0 Å². The second-order valence-corrected chi connectivity index (χ2v) is 9.78. The molecule has 0 unspecified atom stereocenters. The van der Waals surface area contributed by atoms with E-state index < -0.39 is 21.7 Å². The summed E-state index contributed by atoms with van der Waals surface area (Å²) in [6, 6.07) is 12.5. The third-order valence-electron chi connectivity index (χ3n) is 5.00. The van der Waals surface area contributed by atoms with Gasteiger partial charge in [-0.1, -0.05) is 12.1 Å². The third-order valence-corrected chi connectivity index (χ3v) is 5.56. The Bertz CT molecular complexity index is 1260. The van der Waals surface area contributed by atoms with Crippen molar-refractivity contribution in [2.24, 2.45) is 5.92 Å². The Morgan fingerprint density at radius 2 is 1.76 bits per heavy atom. The fraction of sp³-hybridized carbons (Fsp3) is 0.250. The molecule has 7 nitrogen and oxygen atoms in total. The summed E-state index contributed by atoms with van der Waals surface area (Å²) in [4.78, 5) is 16.1. The van der Waals surface area contributed by atoms with Gasteiger partial charge in [0.15, 0.2) is 0 Å². The monoisotopic (exact) mass is 470 g/mol. The van der Waals surface area contributed by atoms with Crippen LogP contribution in [0.5, 0.6) is 11.5 Å². The number of carbonyl (C=O) groups is 1. The zero-order valence-electron chi connectivity index (χ0n) is 18.0. The van der Waals surface area contributed by atoms with Crippen molar-refractivity contribution in [1.29, 1.82) is 0 Å². The highest BCUT2D eigenvalue weighted by Gasteiger charge is 2.22. The van der Waals surface area contributed by atoms with Gasteiger partial charge >= 0.3 is 0 Å². The molecule has 1 amide bonds. The highest BCUT2D eigenvalue weighted by atomic mass is 32.2. The van der Waals surface area contributed by atoms with Crippen LogP contribution in [-0.4, -0.2) is 32.2 Å². The first-order valence-corrected chi connectivity index (χ1v) is 12.3. The van der Waals surface area contributed by atoms with Crippen LogP contribution in [0, 0.1) is 11.7 Å². The lowest BCUT2D eigenvalue weighted by Gasteiger charge is -2.11. The topological polar surface area (TPSA) is 94.6 Å². The molecule has 1 aliphatic carbocycles. The molecule has 0 radical (unpaired) electrons. The predicted octanol–water partition coefficient (Wildman–Crippen LogP) is 3.94. The summed E-state index contributed by atoms with van der Waals surface area (Å²) < 4.78 is 50.0. The van der Waals surface area contributed by atoms with Crippen LogP contribution >= 0.6 is 0 Å². The molecule has 0 bridgehead atoms. The number of nitrogens with zero attached hydrogens (tertiary/aromatic N) is 1. The molecule has 1 heterocycles. The van der Waals surface area contributed by atoms with Crippen LogP contribution in [0.2, 0.25) is 0 Å². The molecule has 4 rings (SSSR count). The SMILES string of the molecule is CS(=O)(=O)NC(=O)c1ccc(COc2cc(F)cc(-c3cncc(OCC4CC4)c3)c2)cc1. The minimum atomic E-state index is -3.64. The van der Waals surface area contributed by atoms with Crippen LogP contribution in [0.15, 0.2) is 60.9 Å². The molecule has 1 saturated carbocycles. The Balaban J connectivity index is 1.42. The van der Waals surface area contributed by atoms with E-state index in [0.717, 1.165) is 11.8 Å². The van der Waals surface area contributed by atoms with Crippen LogP contribution in [-0.2, 0) is 16.6 Å². The molecular weight excluding hydrogens is 447 g/mol. The van der Waals surface area contributed by atoms with Gasteiger partial charge < -0.3 is 9.47 Å². The van der Waals surface area contributed by atoms with Crippen molar-refractivity contribution in [2.45, 2.75) is 19.4 Å². The van der Waals surface area contributed by atoms with Crippen molar-refractivity contribution >= 4 is 15.9 Å². The van der Waals surface area contributed by atoms with Gasteiger partial charge in [0.25, 0.3) is 5.91 Å². The maximum absolute atomic E-state index is 14.3. The molecule has 0 atom stereocenters. The quantitative estimate of drug-likeness (QED) is 0.509. The molecule has 1 fully saturated rings. The van der Waals surface area contributed by atoms with Gasteiger partial charge in [-0.05, 0) is 60.2 Å². The van der Waals surface area contributed by atoms with Crippen LogP contribution in [0.1, 0.15) is 28.8 Å². The lowest BCUT2D eigenvalue weighted by Crippen LogP contribution is -2.29. The zero-order valence-corrected chi connectivity index (χ0v) is 18.8. The van der Waals surface area contributed by atoms with E-state index in [9.17, 15) is 17.6 Å². The first-order valence-electron chi connectivity index (χ1n) is 10.4. The number of benzene rings is 2. The van der Waals surface area contributed by atoms with Crippen LogP contribution < -0.4 is 14.2 Å². The van der Waals surface area contributed by atoms with E-state index >= 15 is 0 Å². The summed E-state index contributed by atoms with van der Waals surface area (Å²) >= 11 is 0. The zero-order chi connectivity index (χ0) is 23.4. The molecule has 33 heavy (non-hydrogen) atoms. The minimum absolute atomic E-state index is 0.139. The van der Waals surface area contributed by atoms with Crippen molar-refractivity contribution in [3.05, 3.63) is 77.9 Å². The Hall–Kier alpha value is -3.46. The molecule has 1 aliphatic rings. The standard InChI is InChI=1S/C24H23FN2O5S/c1-33(29,30)27-24(28)18-6-4-17(5-7-18)14-31-22-9-19(8-21(25)11-22)20-10-23(13-26-12-20)32-15-16-2-3-16/h4-13,16H,2-3,14-15H2,1H3,(H,27,28). The highest BCUT2D eigenvalue weighted by molar-refractivity contribution is 7.89. The van der Waals surface area contributed by atoms with Gasteiger partial charge in [0.1, 0.15) is 23.9 Å². The third kappa shape index (κ3) is 6.76. The summed E-state index contributed by atoms with van der Waals surface area (Å²) in [6.45, 7) is 0.803. The molecule has 1 N–H and O–H groups in total. The Morgan fingerprint density at radius 1 is 1.03 bits per heavy atom. The number of nitrogens with one attached hydrogen (secondary N) is 1. The van der Waals surface area contributed by atoms with Gasteiger partial charge in [0, 0.05) is 23.4 Å². The van der Waals surface area contributed by atoms with E-state index in [-0.39, 0.29) is 12.2 Å². The van der Waals surface area contributed by atoms with E-state index in [2.05, 4.69) is 4.98 Å². The van der Waals surface area contributed by atoms with E-state index in [1.807, 2.05) is 10.8 Å². The van der Waals surface area contributed by atoms with Gasteiger partial charge in [-0.15, -0.1) is 0 Å². The summed E-state index contributed by atoms with van der Waals surface area (Å²) in [5.41, 5.74) is 2.26. The van der Waals surface area contributed by atoms with Crippen molar-refractivity contribution < 1.29 is 27.1 Å². The number of ether oxygens (including phenoxy) is 2. The van der Waals surface area contributed by atoms with Gasteiger partial charge in [0.2, 0.25) is 10.0 Å². The lowest BCUT2D eigenvalue weighted by atomic mass is 10.1. The van der Waals surface area contributed by atoms with Crippen molar-refractivity contribution in [1.82, 2.24) is 9.71 Å². The summed E-state index contributed by atoms with van der Waals surface area (Å²) in [7, 11) is -3.64. The number of carbonyl (C=O) groups excluding carboxylic acids is 1. The Labute approximate surface area is 191 Å². The van der Waals surface area contributed by atoms with Gasteiger partial charge in [-0.3, -0.25) is 9.78 Å². The Morgan fingerprint density at radius 3 is 2.45 bits per heavy atom. The van der Waals surface area contributed by atoms with Crippen LogP contribution in [0.25, 0.3) is 11.1 Å². The average molecular weight is 471 g/mol. The summed E-state index contributed by atoms with van der Waals surface area (Å²) in [6.07, 6.45) is 6.57. The van der Waals surface area contributed by atoms with E-state index in [0.29, 0.717) is 35.2 Å². The molecule has 172 valence electrons. The summed E-state index contributed by atoms with van der Waals surface area (Å²) in [5, 5.41) is 0. The number of hydrogen-bond donors (Lipinski definition) is 1. The van der Waals surface area contributed by atoms with Crippen LogP contribution in [0.3, 0.4) is 0 Å². The number of amides is 1. The molecule has 9 heteroatoms. The van der Waals surface area contributed by atoms with E-state index in [1.165, 1.54) is 37.1 Å². The molecule has 2 aromatic carbocycles. The largest absolute Gasteiger partial charge is 0.492 e. The number of rotatable bonds is 9. The Kier molecular flexibility index (Phi) is 6.60. The van der Waals surface area contributed by atoms with Crippen LogP contribution in [0.4, 0.5) is 4.39 Å². The number of pyridine rings is 1. The van der Waals surface area contributed by atoms with Crippen molar-refractivity contribution in [3.8, 4) is 22.6 Å². The average Bonchev–Trinajstić information content (AvgIpc) is 3.60. The molecular formula is C24H23FN2O5S. The maximum atomic E-state index is 14.3. The summed E-state index contributed by atoms with van der Waals surface area (Å²) in [5.74, 6) is 0.446. The normalized spacial score (nSPS) is 13.4. The fourth-order valence-corrected chi connectivity index (χ4v) is 3.57. The predicted molar refractivity (Wildman–Crippen MR) is 121 cm³/mol. The molecule has 3 aromatic rings. The number of sulfonamides is 1. The van der Waals surface area contributed by atoms with Crippen molar-refractivity contribution in [2.75, 3.05) is 12.9 Å². The second kappa shape index (κ2) is 9.58. The number of halogens is 1. The first kappa shape index (κ1) is 22.7. The maximum Gasteiger partial charge on any atom is 0.264 e. The number of aromatic nitrogens is 1. The fourth-order valence-electron chi connectivity index (χ4n) is 3.11. The number of hydrogen-bond acceptors (Lipinski definition) is 6. The highest BCUT2D eigenvalue weighted by Crippen LogP contribution is 2.31. The molecule has 0 spiro atoms. The van der Waals surface area contributed by atoms with E-state index in [1.54, 1.807) is 30.6 Å². The molecule has 1 aromatic heterocycles. The van der Waals surface area contributed by atoms with E-state index in [4.69, 9.17) is 9.47 Å². The van der Waals surface area contributed by atoms with Gasteiger partial charge in [-0.2, -0.15) is 0 Å². The lowest BCUT2D eigenvalue weighted by molar-refractivity contribution is 0.0981. The van der Waals surface area contributed by atoms with Gasteiger partial charge in [-0.25, -0.2) is 17.5 Å². The molecule has 0 saturated heterocycles. The minimum Gasteiger partial charge on any atom is -0.492 e. The smallest absolute Gasteiger partial charge is 0.264 e. The van der Waals surface area contributed by atoms with Gasteiger partial charge in [0.05, 0.1) is 19.1 Å². The molecule has 0 aliphatic heterocycles. The first-order chi connectivity index (χ1) is 15.7. The second-order valence-electron chi connectivity index (χ2n) is 8.03.